The standard InChI is InChI=1S/C20H23Br2Cl2N5/c1-28(2)4-3-5-29-18-10-15(24)14(23)9-17(18)27-20(29)16(25)8-11-6-12(21)19(26)13(22)7-11/h6-7,9-10,16H,3-5,8,25-26H2,1-2H3/t16-/m1/s1. The summed E-state index contributed by atoms with van der Waals surface area (Å²) in [7, 11) is 4.12. The zero-order valence-corrected chi connectivity index (χ0v) is 20.9. The molecule has 1 atom stereocenters. The molecule has 0 aliphatic carbocycles. The largest absolute Gasteiger partial charge is 0.397 e. The van der Waals surface area contributed by atoms with Gasteiger partial charge in [-0.15, -0.1) is 0 Å². The van der Waals surface area contributed by atoms with E-state index in [1.165, 1.54) is 0 Å². The maximum absolute atomic E-state index is 6.62. The van der Waals surface area contributed by atoms with Crippen molar-refractivity contribution in [2.24, 2.45) is 5.73 Å². The molecule has 3 aromatic rings. The molecule has 9 heteroatoms. The van der Waals surface area contributed by atoms with Crippen LogP contribution in [0.5, 0.6) is 0 Å². The summed E-state index contributed by atoms with van der Waals surface area (Å²) in [4.78, 5) is 6.96. The normalized spacial score (nSPS) is 12.8. The monoisotopic (exact) mass is 561 g/mol. The number of benzene rings is 2. The van der Waals surface area contributed by atoms with Crippen LogP contribution in [0, 0.1) is 0 Å². The Hall–Kier alpha value is -0.830. The maximum atomic E-state index is 6.62. The molecular formula is C20H23Br2Cl2N5. The van der Waals surface area contributed by atoms with Crippen LogP contribution in [0.3, 0.4) is 0 Å². The number of aryl methyl sites for hydroxylation is 1. The molecule has 0 amide bonds. The van der Waals surface area contributed by atoms with Gasteiger partial charge in [-0.2, -0.15) is 0 Å². The first-order valence-electron chi connectivity index (χ1n) is 9.16. The van der Waals surface area contributed by atoms with Crippen LogP contribution >= 0.6 is 55.1 Å². The van der Waals surface area contributed by atoms with Gasteiger partial charge in [-0.05, 0) is 95.2 Å². The van der Waals surface area contributed by atoms with Crippen LogP contribution in [0.4, 0.5) is 5.69 Å². The van der Waals surface area contributed by atoms with Crippen LogP contribution in [0.15, 0.2) is 33.2 Å². The van der Waals surface area contributed by atoms with Gasteiger partial charge in [0.05, 0.1) is 32.8 Å². The van der Waals surface area contributed by atoms with E-state index in [9.17, 15) is 0 Å². The molecule has 156 valence electrons. The smallest absolute Gasteiger partial charge is 0.127 e. The molecule has 1 aromatic heterocycles. The third kappa shape index (κ3) is 5.27. The van der Waals surface area contributed by atoms with Gasteiger partial charge in [0.2, 0.25) is 0 Å². The molecule has 0 unspecified atom stereocenters. The summed E-state index contributed by atoms with van der Waals surface area (Å²) in [6.07, 6.45) is 1.59. The molecule has 0 saturated heterocycles. The number of anilines is 1. The number of nitrogens with zero attached hydrogens (tertiary/aromatic N) is 3. The van der Waals surface area contributed by atoms with Gasteiger partial charge in [0.15, 0.2) is 0 Å². The number of nitrogen functional groups attached to an aromatic ring is 1. The number of imidazole rings is 1. The third-order valence-corrected chi connectivity index (χ3v) is 6.77. The fraction of sp³-hybridized carbons (Fsp3) is 0.350. The molecule has 2 aromatic carbocycles. The summed E-state index contributed by atoms with van der Waals surface area (Å²) in [6, 6.07) is 7.36. The Morgan fingerprint density at radius 3 is 2.34 bits per heavy atom. The van der Waals surface area contributed by atoms with Crippen LogP contribution in [-0.4, -0.2) is 35.1 Å². The van der Waals surface area contributed by atoms with Gasteiger partial charge < -0.3 is 20.9 Å². The number of halogens is 4. The number of nitrogens with two attached hydrogens (primary N) is 2. The number of rotatable bonds is 7. The first kappa shape index (κ1) is 22.8. The molecule has 5 nitrogen and oxygen atoms in total. The second-order valence-corrected chi connectivity index (χ2v) is 9.84. The fourth-order valence-electron chi connectivity index (χ4n) is 3.30. The second kappa shape index (κ2) is 9.54. The highest BCUT2D eigenvalue weighted by Crippen LogP contribution is 2.33. The van der Waals surface area contributed by atoms with Crippen molar-refractivity contribution in [1.29, 1.82) is 0 Å². The topological polar surface area (TPSA) is 73.1 Å². The molecule has 0 aliphatic heterocycles. The Morgan fingerprint density at radius 2 is 1.72 bits per heavy atom. The van der Waals surface area contributed by atoms with E-state index in [2.05, 4.69) is 55.4 Å². The van der Waals surface area contributed by atoms with E-state index in [1.54, 1.807) is 6.07 Å². The quantitative estimate of drug-likeness (QED) is 0.365. The highest BCUT2D eigenvalue weighted by molar-refractivity contribution is 9.11. The minimum atomic E-state index is -0.290. The van der Waals surface area contributed by atoms with Crippen LogP contribution in [0.1, 0.15) is 23.9 Å². The van der Waals surface area contributed by atoms with Crippen molar-refractivity contribution in [2.75, 3.05) is 26.4 Å². The number of hydrogen-bond donors (Lipinski definition) is 2. The minimum Gasteiger partial charge on any atom is -0.397 e. The van der Waals surface area contributed by atoms with E-state index < -0.39 is 0 Å². The molecular weight excluding hydrogens is 541 g/mol. The van der Waals surface area contributed by atoms with Crippen molar-refractivity contribution in [2.45, 2.75) is 25.4 Å². The van der Waals surface area contributed by atoms with Crippen molar-refractivity contribution in [3.63, 3.8) is 0 Å². The first-order chi connectivity index (χ1) is 13.7. The van der Waals surface area contributed by atoms with Crippen LogP contribution in [-0.2, 0) is 13.0 Å². The van der Waals surface area contributed by atoms with Crippen LogP contribution < -0.4 is 11.5 Å². The van der Waals surface area contributed by atoms with Crippen molar-refractivity contribution >= 4 is 71.8 Å². The number of aromatic nitrogens is 2. The molecule has 0 bridgehead atoms. The van der Waals surface area contributed by atoms with Gasteiger partial charge >= 0.3 is 0 Å². The van der Waals surface area contributed by atoms with Crippen molar-refractivity contribution < 1.29 is 0 Å². The molecule has 0 radical (unpaired) electrons. The van der Waals surface area contributed by atoms with E-state index in [4.69, 9.17) is 39.7 Å². The van der Waals surface area contributed by atoms with Gasteiger partial charge in [-0.1, -0.05) is 23.2 Å². The lowest BCUT2D eigenvalue weighted by atomic mass is 10.1. The van der Waals surface area contributed by atoms with E-state index in [0.717, 1.165) is 50.9 Å². The third-order valence-electron chi connectivity index (χ3n) is 4.73. The van der Waals surface area contributed by atoms with Gasteiger partial charge in [-0.3, -0.25) is 0 Å². The van der Waals surface area contributed by atoms with E-state index in [0.29, 0.717) is 22.2 Å². The predicted molar refractivity (Wildman–Crippen MR) is 130 cm³/mol. The molecule has 4 N–H and O–H groups in total. The second-order valence-electron chi connectivity index (χ2n) is 7.32. The Morgan fingerprint density at radius 1 is 1.10 bits per heavy atom. The zero-order chi connectivity index (χ0) is 21.3. The zero-order valence-electron chi connectivity index (χ0n) is 16.2. The van der Waals surface area contributed by atoms with Crippen molar-refractivity contribution in [3.8, 4) is 0 Å². The SMILES string of the molecule is CN(C)CCCn1c([C@H](N)Cc2cc(Br)c(N)c(Br)c2)nc2cc(Cl)c(Cl)cc21. The molecule has 0 spiro atoms. The molecule has 29 heavy (non-hydrogen) atoms. The number of hydrogen-bond acceptors (Lipinski definition) is 4. The van der Waals surface area contributed by atoms with Crippen molar-refractivity contribution in [3.05, 3.63) is 54.6 Å². The van der Waals surface area contributed by atoms with E-state index in [-0.39, 0.29) is 6.04 Å². The number of fused-ring (bicyclic) bond motifs is 1. The first-order valence-corrected chi connectivity index (χ1v) is 11.5. The lowest BCUT2D eigenvalue weighted by Crippen LogP contribution is -2.21. The average Bonchev–Trinajstić information content (AvgIpc) is 2.97. The van der Waals surface area contributed by atoms with Crippen LogP contribution in [0.25, 0.3) is 11.0 Å². The predicted octanol–water partition coefficient (Wildman–Crippen LogP) is 5.64. The average molecular weight is 564 g/mol. The van der Waals surface area contributed by atoms with E-state index in [1.807, 2.05) is 18.2 Å². The molecule has 3 rings (SSSR count). The summed E-state index contributed by atoms with van der Waals surface area (Å²) in [5.74, 6) is 0.821. The van der Waals surface area contributed by atoms with Gasteiger partial charge in [-0.25, -0.2) is 4.98 Å². The van der Waals surface area contributed by atoms with Crippen LogP contribution in [0.2, 0.25) is 10.0 Å². The summed E-state index contributed by atoms with van der Waals surface area (Å²) in [5.41, 5.74) is 16.1. The summed E-state index contributed by atoms with van der Waals surface area (Å²) in [6.45, 7) is 1.76. The molecule has 0 fully saturated rings. The summed E-state index contributed by atoms with van der Waals surface area (Å²) in [5, 5.41) is 1.00. The van der Waals surface area contributed by atoms with Gasteiger partial charge in [0, 0.05) is 15.5 Å². The molecule has 0 aliphatic rings. The highest BCUT2D eigenvalue weighted by atomic mass is 79.9. The summed E-state index contributed by atoms with van der Waals surface area (Å²) >= 11 is 19.5. The lowest BCUT2D eigenvalue weighted by molar-refractivity contribution is 0.384. The Kier molecular flexibility index (Phi) is 7.51. The Labute approximate surface area is 197 Å². The summed E-state index contributed by atoms with van der Waals surface area (Å²) < 4.78 is 3.84. The fourth-order valence-corrected chi connectivity index (χ4v) is 4.90. The minimum absolute atomic E-state index is 0.290. The van der Waals surface area contributed by atoms with E-state index >= 15 is 0 Å². The molecule has 1 heterocycles. The van der Waals surface area contributed by atoms with Crippen molar-refractivity contribution in [1.82, 2.24) is 14.5 Å². The van der Waals surface area contributed by atoms with Gasteiger partial charge in [0.25, 0.3) is 0 Å². The highest BCUT2D eigenvalue weighted by Gasteiger charge is 2.19. The Bertz CT molecular complexity index is 1010. The maximum Gasteiger partial charge on any atom is 0.127 e. The lowest BCUT2D eigenvalue weighted by Gasteiger charge is -2.17. The molecule has 0 saturated carbocycles. The van der Waals surface area contributed by atoms with Gasteiger partial charge in [0.1, 0.15) is 5.82 Å². The Balaban J connectivity index is 1.97.